The molecule has 0 fully saturated rings. The number of nitrogens with one attached hydrogen (secondary N) is 1. The van der Waals surface area contributed by atoms with Gasteiger partial charge < -0.3 is 0 Å². The highest BCUT2D eigenvalue weighted by molar-refractivity contribution is 14.1. The number of carbonyl (C=O) groups excluding carboxylic acids is 1. The van der Waals surface area contributed by atoms with E-state index in [1.807, 2.05) is 13.8 Å². The highest BCUT2D eigenvalue weighted by Crippen LogP contribution is 2.22. The van der Waals surface area contributed by atoms with E-state index in [1.54, 1.807) is 17.9 Å². The SMILES string of the molecule is Cc1nc(NC(=O)c2nn(C)cc2I)sc1C. The van der Waals surface area contributed by atoms with Crippen LogP contribution in [0.25, 0.3) is 0 Å². The molecule has 1 N–H and O–H groups in total. The van der Waals surface area contributed by atoms with Crippen molar-refractivity contribution in [3.05, 3.63) is 26.0 Å². The molecule has 2 aromatic heterocycles. The maximum absolute atomic E-state index is 11.9. The lowest BCUT2D eigenvalue weighted by Gasteiger charge is -1.98. The molecular weight excluding hydrogens is 351 g/mol. The topological polar surface area (TPSA) is 59.8 Å². The quantitative estimate of drug-likeness (QED) is 0.835. The molecule has 2 rings (SSSR count). The second-order valence-corrected chi connectivity index (χ2v) is 5.98. The predicted octanol–water partition coefficient (Wildman–Crippen LogP) is 2.35. The average molecular weight is 362 g/mol. The second kappa shape index (κ2) is 4.73. The van der Waals surface area contributed by atoms with Crippen molar-refractivity contribution in [2.75, 3.05) is 5.32 Å². The highest BCUT2D eigenvalue weighted by Gasteiger charge is 2.16. The molecule has 5 nitrogen and oxygen atoms in total. The Labute approximate surface area is 116 Å². The van der Waals surface area contributed by atoms with Crippen molar-refractivity contribution in [2.24, 2.45) is 7.05 Å². The number of aryl methyl sites for hydroxylation is 3. The summed E-state index contributed by atoms with van der Waals surface area (Å²) in [7, 11) is 1.79. The van der Waals surface area contributed by atoms with Gasteiger partial charge in [-0.3, -0.25) is 14.8 Å². The van der Waals surface area contributed by atoms with Crippen molar-refractivity contribution < 1.29 is 4.79 Å². The van der Waals surface area contributed by atoms with Crippen LogP contribution in [0.3, 0.4) is 0 Å². The Morgan fingerprint density at radius 3 is 2.71 bits per heavy atom. The molecule has 0 aliphatic rings. The molecule has 1 amide bonds. The fourth-order valence-corrected chi connectivity index (χ4v) is 2.86. The summed E-state index contributed by atoms with van der Waals surface area (Å²) in [6, 6.07) is 0. The minimum atomic E-state index is -0.219. The largest absolute Gasteiger partial charge is 0.296 e. The fourth-order valence-electron chi connectivity index (χ4n) is 1.30. The van der Waals surface area contributed by atoms with Crippen LogP contribution in [0.1, 0.15) is 21.1 Å². The summed E-state index contributed by atoms with van der Waals surface area (Å²) in [4.78, 5) is 17.3. The number of halogens is 1. The molecule has 0 saturated heterocycles. The monoisotopic (exact) mass is 362 g/mol. The molecule has 0 unspecified atom stereocenters. The van der Waals surface area contributed by atoms with Crippen molar-refractivity contribution in [3.63, 3.8) is 0 Å². The number of rotatable bonds is 2. The van der Waals surface area contributed by atoms with Crippen LogP contribution in [0, 0.1) is 17.4 Å². The molecule has 0 atom stereocenters. The Bertz CT molecular complexity index is 555. The van der Waals surface area contributed by atoms with Gasteiger partial charge in [-0.1, -0.05) is 0 Å². The number of anilines is 1. The van der Waals surface area contributed by atoms with Crippen LogP contribution in [0.5, 0.6) is 0 Å². The summed E-state index contributed by atoms with van der Waals surface area (Å²) in [6.45, 7) is 3.90. The van der Waals surface area contributed by atoms with Gasteiger partial charge in [0.1, 0.15) is 0 Å². The molecule has 2 heterocycles. The van der Waals surface area contributed by atoms with Crippen LogP contribution in [-0.2, 0) is 7.05 Å². The van der Waals surface area contributed by atoms with E-state index in [0.717, 1.165) is 14.1 Å². The molecule has 17 heavy (non-hydrogen) atoms. The van der Waals surface area contributed by atoms with Crippen LogP contribution in [0.2, 0.25) is 0 Å². The van der Waals surface area contributed by atoms with E-state index < -0.39 is 0 Å². The molecule has 0 spiro atoms. The Hall–Kier alpha value is -0.960. The standard InChI is InChI=1S/C10H11IN4OS/c1-5-6(2)17-10(12-5)13-9(16)8-7(11)4-15(3)14-8/h4H,1-3H3,(H,12,13,16). The third kappa shape index (κ3) is 2.65. The number of nitrogens with zero attached hydrogens (tertiary/aromatic N) is 3. The zero-order valence-corrected chi connectivity index (χ0v) is 12.6. The van der Waals surface area contributed by atoms with Gasteiger partial charge in [-0.15, -0.1) is 11.3 Å². The highest BCUT2D eigenvalue weighted by atomic mass is 127. The lowest BCUT2D eigenvalue weighted by molar-refractivity contribution is 0.102. The molecule has 2 aromatic rings. The molecule has 0 aliphatic carbocycles. The van der Waals surface area contributed by atoms with E-state index in [-0.39, 0.29) is 5.91 Å². The Morgan fingerprint density at radius 2 is 2.24 bits per heavy atom. The number of amides is 1. The number of hydrogen-bond donors (Lipinski definition) is 1. The maximum Gasteiger partial charge on any atom is 0.279 e. The van der Waals surface area contributed by atoms with Gasteiger partial charge in [0.05, 0.1) is 9.26 Å². The summed E-state index contributed by atoms with van der Waals surface area (Å²) in [5.41, 5.74) is 1.37. The van der Waals surface area contributed by atoms with Crippen LogP contribution < -0.4 is 5.32 Å². The lowest BCUT2D eigenvalue weighted by Crippen LogP contribution is -2.14. The summed E-state index contributed by atoms with van der Waals surface area (Å²) in [5.74, 6) is -0.219. The van der Waals surface area contributed by atoms with Gasteiger partial charge in [-0.25, -0.2) is 4.98 Å². The van der Waals surface area contributed by atoms with Crippen LogP contribution in [0.15, 0.2) is 6.20 Å². The van der Waals surface area contributed by atoms with Crippen molar-refractivity contribution in [2.45, 2.75) is 13.8 Å². The molecule has 0 saturated carbocycles. The van der Waals surface area contributed by atoms with Crippen LogP contribution in [-0.4, -0.2) is 20.7 Å². The van der Waals surface area contributed by atoms with E-state index in [1.165, 1.54) is 11.3 Å². The smallest absolute Gasteiger partial charge is 0.279 e. The Balaban J connectivity index is 2.19. The van der Waals surface area contributed by atoms with Gasteiger partial charge in [0.15, 0.2) is 10.8 Å². The van der Waals surface area contributed by atoms with Gasteiger partial charge in [-0.2, -0.15) is 5.10 Å². The first-order valence-electron chi connectivity index (χ1n) is 4.92. The Kier molecular flexibility index (Phi) is 3.48. The maximum atomic E-state index is 11.9. The summed E-state index contributed by atoms with van der Waals surface area (Å²) in [6.07, 6.45) is 1.80. The van der Waals surface area contributed by atoms with Gasteiger partial charge in [0, 0.05) is 18.1 Å². The van der Waals surface area contributed by atoms with E-state index in [4.69, 9.17) is 0 Å². The lowest BCUT2D eigenvalue weighted by atomic mass is 10.4. The van der Waals surface area contributed by atoms with E-state index in [2.05, 4.69) is 38.0 Å². The van der Waals surface area contributed by atoms with Crippen molar-refractivity contribution in [3.8, 4) is 0 Å². The number of thiazole rings is 1. The number of aromatic nitrogens is 3. The predicted molar refractivity (Wildman–Crippen MR) is 75.5 cm³/mol. The first kappa shape index (κ1) is 12.5. The zero-order valence-electron chi connectivity index (χ0n) is 9.61. The molecule has 90 valence electrons. The minimum Gasteiger partial charge on any atom is -0.296 e. The fraction of sp³-hybridized carbons (Fsp3) is 0.300. The Morgan fingerprint density at radius 1 is 1.53 bits per heavy atom. The van der Waals surface area contributed by atoms with E-state index in [9.17, 15) is 4.79 Å². The van der Waals surface area contributed by atoms with Gasteiger partial charge in [0.25, 0.3) is 5.91 Å². The van der Waals surface area contributed by atoms with E-state index in [0.29, 0.717) is 10.8 Å². The van der Waals surface area contributed by atoms with Crippen molar-refractivity contribution >= 4 is 45.0 Å². The molecule has 7 heteroatoms. The third-order valence-electron chi connectivity index (χ3n) is 2.25. The molecule has 0 aromatic carbocycles. The number of carbonyl (C=O) groups is 1. The van der Waals surface area contributed by atoms with Gasteiger partial charge in [-0.05, 0) is 36.4 Å². The van der Waals surface area contributed by atoms with Crippen molar-refractivity contribution in [1.29, 1.82) is 0 Å². The van der Waals surface area contributed by atoms with Gasteiger partial charge >= 0.3 is 0 Å². The molecule has 0 radical (unpaired) electrons. The van der Waals surface area contributed by atoms with Crippen LogP contribution >= 0.6 is 33.9 Å². The van der Waals surface area contributed by atoms with Crippen LogP contribution in [0.4, 0.5) is 5.13 Å². The minimum absolute atomic E-state index is 0.219. The summed E-state index contributed by atoms with van der Waals surface area (Å²) >= 11 is 3.56. The third-order valence-corrected chi connectivity index (χ3v) is 4.03. The van der Waals surface area contributed by atoms with Crippen molar-refractivity contribution in [1.82, 2.24) is 14.8 Å². The average Bonchev–Trinajstić information content (AvgIpc) is 2.71. The molecule has 0 aliphatic heterocycles. The zero-order chi connectivity index (χ0) is 12.6. The first-order valence-corrected chi connectivity index (χ1v) is 6.81. The summed E-state index contributed by atoms with van der Waals surface area (Å²) < 4.78 is 2.45. The molecular formula is C10H11IN4OS. The summed E-state index contributed by atoms with van der Waals surface area (Å²) in [5, 5.41) is 7.49. The normalized spacial score (nSPS) is 10.6. The van der Waals surface area contributed by atoms with Gasteiger partial charge in [0.2, 0.25) is 0 Å². The number of hydrogen-bond acceptors (Lipinski definition) is 4. The second-order valence-electron chi connectivity index (χ2n) is 3.61. The first-order chi connectivity index (χ1) is 7.97. The molecule has 0 bridgehead atoms. The van der Waals surface area contributed by atoms with E-state index >= 15 is 0 Å².